The number of rotatable bonds is 6. The molecule has 0 aromatic heterocycles. The molecule has 1 aliphatic heterocycles. The standard InChI is InChI=1S/C24H30N2O3/c1-24(2,3)20-7-5-6-8-21(20)26-16-18(15-22(26)27)23(28)25-14-13-17-9-11-19(29-4)12-10-17/h5-12,18H,13-16H2,1-4H3,(H,25,28). The lowest BCUT2D eigenvalue weighted by molar-refractivity contribution is -0.126. The summed E-state index contributed by atoms with van der Waals surface area (Å²) in [5.74, 6) is 0.462. The van der Waals surface area contributed by atoms with E-state index in [0.717, 1.165) is 29.0 Å². The number of amides is 2. The van der Waals surface area contributed by atoms with Gasteiger partial charge in [0.05, 0.1) is 13.0 Å². The molecule has 1 saturated heterocycles. The third-order valence-corrected chi connectivity index (χ3v) is 5.37. The number of hydrogen-bond acceptors (Lipinski definition) is 3. The fraction of sp³-hybridized carbons (Fsp3) is 0.417. The van der Waals surface area contributed by atoms with Crippen LogP contribution in [0.2, 0.25) is 0 Å². The SMILES string of the molecule is COc1ccc(CCNC(=O)C2CC(=O)N(c3ccccc3C(C)(C)C)C2)cc1. The summed E-state index contributed by atoms with van der Waals surface area (Å²) in [6.07, 6.45) is 1.000. The molecule has 154 valence electrons. The lowest BCUT2D eigenvalue weighted by Gasteiger charge is -2.27. The van der Waals surface area contributed by atoms with E-state index in [9.17, 15) is 9.59 Å². The summed E-state index contributed by atoms with van der Waals surface area (Å²) in [5, 5.41) is 2.99. The molecule has 1 heterocycles. The Morgan fingerprint density at radius 3 is 2.48 bits per heavy atom. The fourth-order valence-corrected chi connectivity index (χ4v) is 3.73. The Hall–Kier alpha value is -2.82. The van der Waals surface area contributed by atoms with Gasteiger partial charge < -0.3 is 15.0 Å². The molecule has 5 heteroatoms. The molecule has 1 unspecified atom stereocenters. The van der Waals surface area contributed by atoms with Crippen molar-refractivity contribution in [3.63, 3.8) is 0 Å². The first-order chi connectivity index (χ1) is 13.8. The van der Waals surface area contributed by atoms with Crippen LogP contribution in [0.15, 0.2) is 48.5 Å². The van der Waals surface area contributed by atoms with Gasteiger partial charge in [-0.15, -0.1) is 0 Å². The number of nitrogens with zero attached hydrogens (tertiary/aromatic N) is 1. The van der Waals surface area contributed by atoms with Crippen molar-refractivity contribution in [3.05, 3.63) is 59.7 Å². The smallest absolute Gasteiger partial charge is 0.227 e. The summed E-state index contributed by atoms with van der Waals surface area (Å²) in [6, 6.07) is 15.8. The Morgan fingerprint density at radius 2 is 1.83 bits per heavy atom. The molecular weight excluding hydrogens is 364 g/mol. The van der Waals surface area contributed by atoms with Crippen molar-refractivity contribution in [1.82, 2.24) is 5.32 Å². The number of carbonyl (C=O) groups excluding carboxylic acids is 2. The monoisotopic (exact) mass is 394 g/mol. The second kappa shape index (κ2) is 8.68. The maximum absolute atomic E-state index is 12.7. The zero-order valence-corrected chi connectivity index (χ0v) is 17.7. The van der Waals surface area contributed by atoms with Crippen molar-refractivity contribution < 1.29 is 14.3 Å². The minimum absolute atomic E-state index is 0.0111. The van der Waals surface area contributed by atoms with E-state index < -0.39 is 0 Å². The van der Waals surface area contributed by atoms with Gasteiger partial charge in [0.15, 0.2) is 0 Å². The second-order valence-corrected chi connectivity index (χ2v) is 8.56. The van der Waals surface area contributed by atoms with E-state index in [1.165, 1.54) is 0 Å². The van der Waals surface area contributed by atoms with Crippen LogP contribution in [0.3, 0.4) is 0 Å². The van der Waals surface area contributed by atoms with E-state index in [1.54, 1.807) is 12.0 Å². The number of carbonyl (C=O) groups is 2. The van der Waals surface area contributed by atoms with Crippen LogP contribution in [0.4, 0.5) is 5.69 Å². The van der Waals surface area contributed by atoms with Crippen LogP contribution in [0, 0.1) is 5.92 Å². The maximum atomic E-state index is 12.7. The molecule has 5 nitrogen and oxygen atoms in total. The summed E-state index contributed by atoms with van der Waals surface area (Å²) in [4.78, 5) is 27.1. The zero-order chi connectivity index (χ0) is 21.0. The molecule has 2 aromatic rings. The topological polar surface area (TPSA) is 58.6 Å². The van der Waals surface area contributed by atoms with Crippen LogP contribution in [-0.2, 0) is 21.4 Å². The van der Waals surface area contributed by atoms with Gasteiger partial charge >= 0.3 is 0 Å². The lowest BCUT2D eigenvalue weighted by Crippen LogP contribution is -2.34. The van der Waals surface area contributed by atoms with Gasteiger partial charge in [-0.1, -0.05) is 51.1 Å². The number of benzene rings is 2. The Balaban J connectivity index is 1.59. The summed E-state index contributed by atoms with van der Waals surface area (Å²) in [6.45, 7) is 7.38. The minimum Gasteiger partial charge on any atom is -0.497 e. The third kappa shape index (κ3) is 4.97. The normalized spacial score (nSPS) is 16.8. The largest absolute Gasteiger partial charge is 0.497 e. The highest BCUT2D eigenvalue weighted by Gasteiger charge is 2.36. The van der Waals surface area contributed by atoms with Crippen LogP contribution >= 0.6 is 0 Å². The van der Waals surface area contributed by atoms with Crippen LogP contribution in [0.5, 0.6) is 5.75 Å². The van der Waals surface area contributed by atoms with Gasteiger partial charge in [0, 0.05) is 25.2 Å². The van der Waals surface area contributed by atoms with Crippen LogP contribution in [0.1, 0.15) is 38.3 Å². The van der Waals surface area contributed by atoms with Crippen LogP contribution in [-0.4, -0.2) is 32.0 Å². The van der Waals surface area contributed by atoms with E-state index in [1.807, 2.05) is 42.5 Å². The first-order valence-electron chi connectivity index (χ1n) is 10.1. The quantitative estimate of drug-likeness (QED) is 0.813. The van der Waals surface area contributed by atoms with Crippen LogP contribution < -0.4 is 15.0 Å². The van der Waals surface area contributed by atoms with Crippen molar-refractivity contribution in [1.29, 1.82) is 0 Å². The predicted octanol–water partition coefficient (Wildman–Crippen LogP) is 3.70. The molecule has 0 bridgehead atoms. The zero-order valence-electron chi connectivity index (χ0n) is 17.7. The minimum atomic E-state index is -0.314. The van der Waals surface area contributed by atoms with Crippen molar-refractivity contribution in [2.75, 3.05) is 25.1 Å². The first kappa shape index (κ1) is 20.9. The van der Waals surface area contributed by atoms with Gasteiger partial charge in [-0.05, 0) is 41.2 Å². The van der Waals surface area contributed by atoms with Gasteiger partial charge in [0.1, 0.15) is 5.75 Å². The summed E-state index contributed by atoms with van der Waals surface area (Å²) in [7, 11) is 1.64. The van der Waals surface area contributed by atoms with Gasteiger partial charge in [0.2, 0.25) is 11.8 Å². The molecule has 3 rings (SSSR count). The highest BCUT2D eigenvalue weighted by Crippen LogP contribution is 2.35. The molecule has 0 radical (unpaired) electrons. The Kier molecular flexibility index (Phi) is 6.26. The van der Waals surface area contributed by atoms with E-state index >= 15 is 0 Å². The van der Waals surface area contributed by atoms with E-state index in [-0.39, 0.29) is 29.6 Å². The Bertz CT molecular complexity index is 868. The molecule has 0 saturated carbocycles. The molecule has 0 aliphatic carbocycles. The lowest BCUT2D eigenvalue weighted by atomic mass is 9.85. The van der Waals surface area contributed by atoms with Crippen LogP contribution in [0.25, 0.3) is 0 Å². The van der Waals surface area contributed by atoms with E-state index in [4.69, 9.17) is 4.74 Å². The molecule has 1 fully saturated rings. The number of hydrogen-bond donors (Lipinski definition) is 1. The first-order valence-corrected chi connectivity index (χ1v) is 10.1. The second-order valence-electron chi connectivity index (χ2n) is 8.56. The molecule has 2 aromatic carbocycles. The van der Waals surface area contributed by atoms with Gasteiger partial charge in [0.25, 0.3) is 0 Å². The van der Waals surface area contributed by atoms with Crippen molar-refractivity contribution in [2.24, 2.45) is 5.92 Å². The Labute approximate surface area is 173 Å². The average molecular weight is 395 g/mol. The van der Waals surface area contributed by atoms with Gasteiger partial charge in [-0.25, -0.2) is 0 Å². The molecule has 1 N–H and O–H groups in total. The summed E-state index contributed by atoms with van der Waals surface area (Å²) >= 11 is 0. The average Bonchev–Trinajstić information content (AvgIpc) is 3.09. The molecule has 29 heavy (non-hydrogen) atoms. The molecule has 1 aliphatic rings. The summed E-state index contributed by atoms with van der Waals surface area (Å²) < 4.78 is 5.16. The number of anilines is 1. The maximum Gasteiger partial charge on any atom is 0.227 e. The number of para-hydroxylation sites is 1. The highest BCUT2D eigenvalue weighted by atomic mass is 16.5. The van der Waals surface area contributed by atoms with E-state index in [2.05, 4.69) is 32.2 Å². The number of nitrogens with one attached hydrogen (secondary N) is 1. The fourth-order valence-electron chi connectivity index (χ4n) is 3.73. The molecule has 0 spiro atoms. The predicted molar refractivity (Wildman–Crippen MR) is 115 cm³/mol. The van der Waals surface area contributed by atoms with Crippen molar-refractivity contribution in [2.45, 2.75) is 39.0 Å². The molecule has 2 amide bonds. The molecule has 1 atom stereocenters. The van der Waals surface area contributed by atoms with Gasteiger partial charge in [-0.2, -0.15) is 0 Å². The van der Waals surface area contributed by atoms with Gasteiger partial charge in [-0.3, -0.25) is 9.59 Å². The highest BCUT2D eigenvalue weighted by molar-refractivity contribution is 6.01. The molecular formula is C24H30N2O3. The summed E-state index contributed by atoms with van der Waals surface area (Å²) in [5.41, 5.74) is 3.09. The number of ether oxygens (including phenoxy) is 1. The van der Waals surface area contributed by atoms with Crippen molar-refractivity contribution >= 4 is 17.5 Å². The number of methoxy groups -OCH3 is 1. The third-order valence-electron chi connectivity index (χ3n) is 5.37. The van der Waals surface area contributed by atoms with Crippen molar-refractivity contribution in [3.8, 4) is 5.75 Å². The van der Waals surface area contributed by atoms with E-state index in [0.29, 0.717) is 13.1 Å². The Morgan fingerprint density at radius 1 is 1.14 bits per heavy atom.